The molecule has 6 nitrogen and oxygen atoms in total. The Morgan fingerprint density at radius 1 is 0.811 bits per heavy atom. The number of alkyl halides is 1. The van der Waals surface area contributed by atoms with E-state index >= 15 is 0 Å². The van der Waals surface area contributed by atoms with Gasteiger partial charge in [0, 0.05) is 38.8 Å². The lowest BCUT2D eigenvalue weighted by molar-refractivity contribution is 0.145. The largest absolute Gasteiger partial charge is 0.311 e. The minimum absolute atomic E-state index is 0.0788. The summed E-state index contributed by atoms with van der Waals surface area (Å²) < 4.78 is 15.8. The number of benzene rings is 2. The van der Waals surface area contributed by atoms with Gasteiger partial charge < -0.3 is 4.57 Å². The van der Waals surface area contributed by atoms with E-state index in [4.69, 9.17) is 5.10 Å². The Morgan fingerprint density at radius 2 is 1.54 bits per heavy atom. The third-order valence-electron chi connectivity index (χ3n) is 8.52. The van der Waals surface area contributed by atoms with Crippen LogP contribution in [0, 0.1) is 0 Å². The molecule has 0 aliphatic carbocycles. The van der Waals surface area contributed by atoms with Gasteiger partial charge in [0.25, 0.3) is 0 Å². The molecule has 37 heavy (non-hydrogen) atoms. The monoisotopic (exact) mass is 502 g/mol. The van der Waals surface area contributed by atoms with Crippen LogP contribution < -0.4 is 0 Å². The summed E-state index contributed by atoms with van der Waals surface area (Å²) in [6.45, 7) is 7.98. The van der Waals surface area contributed by atoms with Gasteiger partial charge in [0.15, 0.2) is 5.82 Å². The number of halogens is 1. The van der Waals surface area contributed by atoms with Crippen molar-refractivity contribution in [2.24, 2.45) is 0 Å². The molecule has 1 aromatic heterocycles. The number of piperidine rings is 1. The second kappa shape index (κ2) is 11.4. The van der Waals surface area contributed by atoms with Crippen LogP contribution in [0.2, 0.25) is 0 Å². The fourth-order valence-electron chi connectivity index (χ4n) is 6.43. The van der Waals surface area contributed by atoms with Crippen molar-refractivity contribution in [1.82, 2.24) is 29.5 Å². The van der Waals surface area contributed by atoms with Gasteiger partial charge in [-0.3, -0.25) is 14.7 Å². The van der Waals surface area contributed by atoms with E-state index in [1.165, 1.54) is 49.0 Å². The summed E-state index contributed by atoms with van der Waals surface area (Å²) in [7, 11) is 0. The summed E-state index contributed by atoms with van der Waals surface area (Å²) in [6, 6.07) is 20.4. The molecule has 6 rings (SSSR count). The molecule has 3 aromatic rings. The van der Waals surface area contributed by atoms with Crippen molar-refractivity contribution in [3.05, 3.63) is 83.4 Å². The summed E-state index contributed by atoms with van der Waals surface area (Å²) in [6.07, 6.45) is 6.44. The second-order valence-electron chi connectivity index (χ2n) is 11.1. The molecule has 0 N–H and O–H groups in total. The van der Waals surface area contributed by atoms with Gasteiger partial charge in [-0.05, 0) is 61.9 Å². The van der Waals surface area contributed by atoms with Crippen LogP contribution >= 0.6 is 0 Å². The van der Waals surface area contributed by atoms with Crippen molar-refractivity contribution < 1.29 is 4.39 Å². The molecule has 3 fully saturated rings. The van der Waals surface area contributed by atoms with Gasteiger partial charge in [-0.15, -0.1) is 10.2 Å². The maximum absolute atomic E-state index is 13.6. The van der Waals surface area contributed by atoms with Gasteiger partial charge in [-0.25, -0.2) is 4.39 Å². The average molecular weight is 503 g/mol. The highest BCUT2D eigenvalue weighted by Crippen LogP contribution is 2.33. The van der Waals surface area contributed by atoms with Crippen LogP contribution in [0.15, 0.2) is 60.9 Å². The van der Waals surface area contributed by atoms with Crippen LogP contribution in [0.4, 0.5) is 4.39 Å². The van der Waals surface area contributed by atoms with Crippen LogP contribution in [-0.4, -0.2) is 80.9 Å². The van der Waals surface area contributed by atoms with Gasteiger partial charge >= 0.3 is 0 Å². The quantitative estimate of drug-likeness (QED) is 0.453. The van der Waals surface area contributed by atoms with E-state index in [-0.39, 0.29) is 6.04 Å². The molecule has 3 saturated heterocycles. The molecule has 0 saturated carbocycles. The maximum Gasteiger partial charge on any atom is 0.155 e. The summed E-state index contributed by atoms with van der Waals surface area (Å²) in [5.41, 5.74) is 3.82. The maximum atomic E-state index is 13.6. The van der Waals surface area contributed by atoms with E-state index in [0.717, 1.165) is 45.1 Å². The summed E-state index contributed by atoms with van der Waals surface area (Å²) in [4.78, 5) is 7.69. The Bertz CT molecular complexity index is 1120. The molecule has 196 valence electrons. The molecule has 0 bridgehead atoms. The number of hydrogen-bond donors (Lipinski definition) is 0. The Balaban J connectivity index is 1.24. The zero-order chi connectivity index (χ0) is 25.0. The van der Waals surface area contributed by atoms with E-state index in [0.29, 0.717) is 18.9 Å². The fourth-order valence-corrected chi connectivity index (χ4v) is 6.43. The van der Waals surface area contributed by atoms with Gasteiger partial charge in [0.05, 0.1) is 12.6 Å². The normalized spacial score (nSPS) is 23.1. The van der Waals surface area contributed by atoms with E-state index in [1.54, 1.807) is 0 Å². The molecular weight excluding hydrogens is 463 g/mol. The summed E-state index contributed by atoms with van der Waals surface area (Å²) in [5, 5.41) is 9.07. The van der Waals surface area contributed by atoms with Crippen LogP contribution in [-0.2, 0) is 13.1 Å². The Morgan fingerprint density at radius 3 is 2.30 bits per heavy atom. The van der Waals surface area contributed by atoms with Crippen molar-refractivity contribution in [2.75, 3.05) is 39.3 Å². The highest BCUT2D eigenvalue weighted by molar-refractivity contribution is 5.30. The zero-order valence-corrected chi connectivity index (χ0v) is 21.8. The Hall–Kier alpha value is -2.61. The average Bonchev–Trinajstić information content (AvgIpc) is 3.71. The van der Waals surface area contributed by atoms with E-state index in [9.17, 15) is 4.39 Å². The van der Waals surface area contributed by atoms with E-state index < -0.39 is 6.17 Å². The topological polar surface area (TPSA) is 40.4 Å². The minimum Gasteiger partial charge on any atom is -0.311 e. The SMILES string of the molecule is FC1CCN(Cc2ccc(C(c3nncn3Cc3ccccc3)N3CC[C@H](N4CCCC4)C3)cc2)CC1. The van der Waals surface area contributed by atoms with E-state index in [2.05, 4.69) is 79.0 Å². The number of rotatable bonds is 8. The van der Waals surface area contributed by atoms with E-state index in [1.807, 2.05) is 6.33 Å². The van der Waals surface area contributed by atoms with Crippen LogP contribution in [0.1, 0.15) is 60.7 Å². The van der Waals surface area contributed by atoms with Crippen molar-refractivity contribution in [1.29, 1.82) is 0 Å². The molecule has 0 radical (unpaired) electrons. The zero-order valence-electron chi connectivity index (χ0n) is 21.8. The second-order valence-corrected chi connectivity index (χ2v) is 11.1. The number of nitrogens with zero attached hydrogens (tertiary/aromatic N) is 6. The number of aromatic nitrogens is 3. The molecule has 3 aliphatic rings. The molecule has 7 heteroatoms. The molecule has 1 unspecified atom stereocenters. The lowest BCUT2D eigenvalue weighted by Gasteiger charge is -2.30. The Kier molecular flexibility index (Phi) is 7.63. The first kappa shape index (κ1) is 24.7. The number of hydrogen-bond acceptors (Lipinski definition) is 5. The van der Waals surface area contributed by atoms with Crippen LogP contribution in [0.3, 0.4) is 0 Å². The molecule has 2 aromatic carbocycles. The van der Waals surface area contributed by atoms with Crippen LogP contribution in [0.25, 0.3) is 0 Å². The first-order chi connectivity index (χ1) is 18.2. The van der Waals surface area contributed by atoms with Crippen molar-refractivity contribution in [3.63, 3.8) is 0 Å². The van der Waals surface area contributed by atoms with Crippen LogP contribution in [0.5, 0.6) is 0 Å². The van der Waals surface area contributed by atoms with Gasteiger partial charge in [-0.1, -0.05) is 54.6 Å². The molecule has 3 aliphatic heterocycles. The molecular formula is C30H39FN6. The predicted octanol–water partition coefficient (Wildman–Crippen LogP) is 4.52. The smallest absolute Gasteiger partial charge is 0.155 e. The summed E-state index contributed by atoms with van der Waals surface area (Å²) in [5.74, 6) is 1.02. The molecule has 0 amide bonds. The third-order valence-corrected chi connectivity index (χ3v) is 8.52. The molecule has 4 heterocycles. The highest BCUT2D eigenvalue weighted by atomic mass is 19.1. The van der Waals surface area contributed by atoms with Crippen molar-refractivity contribution in [3.8, 4) is 0 Å². The summed E-state index contributed by atoms with van der Waals surface area (Å²) >= 11 is 0. The lowest BCUT2D eigenvalue weighted by atomic mass is 10.0. The Labute approximate surface area is 220 Å². The van der Waals surface area contributed by atoms with Gasteiger partial charge in [0.2, 0.25) is 0 Å². The minimum atomic E-state index is -0.627. The predicted molar refractivity (Wildman–Crippen MR) is 144 cm³/mol. The molecule has 0 spiro atoms. The van der Waals surface area contributed by atoms with Gasteiger partial charge in [-0.2, -0.15) is 0 Å². The third kappa shape index (κ3) is 5.79. The lowest BCUT2D eigenvalue weighted by Crippen LogP contribution is -2.37. The molecule has 2 atom stereocenters. The highest BCUT2D eigenvalue weighted by Gasteiger charge is 2.36. The first-order valence-corrected chi connectivity index (χ1v) is 14.1. The van der Waals surface area contributed by atoms with Crippen molar-refractivity contribution >= 4 is 0 Å². The van der Waals surface area contributed by atoms with Crippen molar-refractivity contribution in [2.45, 2.75) is 63.4 Å². The standard InChI is InChI=1S/C30H39FN6/c31-27-12-17-34(18-13-27)20-25-8-10-26(11-9-25)29(36-19-14-28(22-36)35-15-4-5-16-35)30-33-32-23-37(30)21-24-6-2-1-3-7-24/h1-3,6-11,23,27-29H,4-5,12-22H2/t28-,29?/m0/s1. The number of likely N-dealkylation sites (tertiary alicyclic amines) is 3. The first-order valence-electron chi connectivity index (χ1n) is 14.1. The fraction of sp³-hybridized carbons (Fsp3) is 0.533. The van der Waals surface area contributed by atoms with Gasteiger partial charge in [0.1, 0.15) is 12.5 Å².